The van der Waals surface area contributed by atoms with Crippen LogP contribution < -0.4 is 21.3 Å². The predicted molar refractivity (Wildman–Crippen MR) is 155 cm³/mol. The SMILES string of the molecule is C[C@@H]1[C@H](NC(=O)c2ccc(C3CC3)cc2)CCCN1c1cnc(CN)c(Nc2cnn(CC3CCOCC3)c2)n1. The Hall–Kier alpha value is -3.50. The Balaban J connectivity index is 1.12. The zero-order chi connectivity index (χ0) is 27.5. The number of hydrogen-bond donors (Lipinski definition) is 3. The Morgan fingerprint density at radius 3 is 2.65 bits per heavy atom. The summed E-state index contributed by atoms with van der Waals surface area (Å²) in [7, 11) is 0. The molecular weight excluding hydrogens is 504 g/mol. The summed E-state index contributed by atoms with van der Waals surface area (Å²) in [4.78, 5) is 24.9. The zero-order valence-corrected chi connectivity index (χ0v) is 23.3. The van der Waals surface area contributed by atoms with Crippen molar-refractivity contribution in [2.24, 2.45) is 11.7 Å². The lowest BCUT2D eigenvalue weighted by Crippen LogP contribution is -2.54. The molecule has 3 fully saturated rings. The van der Waals surface area contributed by atoms with Gasteiger partial charge in [-0.3, -0.25) is 14.5 Å². The second kappa shape index (κ2) is 11.9. The van der Waals surface area contributed by atoms with E-state index in [0.717, 1.165) is 63.5 Å². The first-order chi connectivity index (χ1) is 19.6. The van der Waals surface area contributed by atoms with Crippen LogP contribution in [0.5, 0.6) is 0 Å². The van der Waals surface area contributed by atoms with Crippen molar-refractivity contribution in [3.63, 3.8) is 0 Å². The molecule has 1 aromatic carbocycles. The van der Waals surface area contributed by atoms with E-state index in [2.05, 4.69) is 44.7 Å². The topological polar surface area (TPSA) is 123 Å². The van der Waals surface area contributed by atoms with Gasteiger partial charge in [0.05, 0.1) is 23.8 Å². The molecule has 10 heteroatoms. The van der Waals surface area contributed by atoms with Crippen molar-refractivity contribution in [2.75, 3.05) is 30.0 Å². The normalized spacial score (nSPS) is 21.8. The Kier molecular flexibility index (Phi) is 7.97. The molecule has 3 aliphatic rings. The first-order valence-electron chi connectivity index (χ1n) is 14.7. The lowest BCUT2D eigenvalue weighted by Gasteiger charge is -2.40. The Morgan fingerprint density at radius 1 is 1.10 bits per heavy atom. The van der Waals surface area contributed by atoms with E-state index in [0.29, 0.717) is 28.9 Å². The van der Waals surface area contributed by atoms with E-state index >= 15 is 0 Å². The number of nitrogens with zero attached hydrogens (tertiary/aromatic N) is 5. The van der Waals surface area contributed by atoms with Gasteiger partial charge in [-0.15, -0.1) is 0 Å². The summed E-state index contributed by atoms with van der Waals surface area (Å²) in [6.45, 7) is 5.80. The first kappa shape index (κ1) is 26.7. The van der Waals surface area contributed by atoms with Crippen molar-refractivity contribution in [3.8, 4) is 0 Å². The fraction of sp³-hybridized carbons (Fsp3) is 0.533. The monoisotopic (exact) mass is 544 g/mol. The molecule has 2 atom stereocenters. The lowest BCUT2D eigenvalue weighted by molar-refractivity contribution is 0.0601. The maximum absolute atomic E-state index is 13.1. The number of carbonyl (C=O) groups excluding carboxylic acids is 1. The summed E-state index contributed by atoms with van der Waals surface area (Å²) in [5, 5.41) is 11.2. The molecule has 4 heterocycles. The van der Waals surface area contributed by atoms with E-state index in [1.54, 1.807) is 6.20 Å². The number of hydrogen-bond acceptors (Lipinski definition) is 8. The summed E-state index contributed by atoms with van der Waals surface area (Å²) in [6.07, 6.45) is 12.1. The van der Waals surface area contributed by atoms with E-state index in [9.17, 15) is 4.79 Å². The van der Waals surface area contributed by atoms with Crippen molar-refractivity contribution in [1.29, 1.82) is 0 Å². The molecule has 0 radical (unpaired) electrons. The summed E-state index contributed by atoms with van der Waals surface area (Å²) in [6, 6.07) is 8.18. The molecule has 212 valence electrons. The highest BCUT2D eigenvalue weighted by Crippen LogP contribution is 2.40. The van der Waals surface area contributed by atoms with E-state index in [-0.39, 0.29) is 24.5 Å². The Morgan fingerprint density at radius 2 is 1.90 bits per heavy atom. The van der Waals surface area contributed by atoms with Crippen LogP contribution in [-0.2, 0) is 17.8 Å². The minimum Gasteiger partial charge on any atom is -0.381 e. The first-order valence-corrected chi connectivity index (χ1v) is 14.7. The number of benzene rings is 1. The third-order valence-corrected chi connectivity index (χ3v) is 8.53. The number of nitrogens with two attached hydrogens (primary N) is 1. The minimum atomic E-state index is -0.0225. The number of anilines is 3. The van der Waals surface area contributed by atoms with E-state index in [1.807, 2.05) is 29.2 Å². The second-order valence-electron chi connectivity index (χ2n) is 11.4. The van der Waals surface area contributed by atoms with Gasteiger partial charge in [-0.1, -0.05) is 12.1 Å². The molecule has 40 heavy (non-hydrogen) atoms. The van der Waals surface area contributed by atoms with Crippen LogP contribution in [0.15, 0.2) is 42.9 Å². The average molecular weight is 545 g/mol. The van der Waals surface area contributed by atoms with Crippen LogP contribution in [0.25, 0.3) is 0 Å². The van der Waals surface area contributed by atoms with Gasteiger partial charge in [0.25, 0.3) is 5.91 Å². The largest absolute Gasteiger partial charge is 0.381 e. The summed E-state index contributed by atoms with van der Waals surface area (Å²) in [5.74, 6) is 2.66. The smallest absolute Gasteiger partial charge is 0.251 e. The van der Waals surface area contributed by atoms with Crippen LogP contribution in [0.4, 0.5) is 17.3 Å². The van der Waals surface area contributed by atoms with Crippen molar-refractivity contribution in [2.45, 2.75) is 76.5 Å². The molecule has 4 N–H and O–H groups in total. The van der Waals surface area contributed by atoms with Gasteiger partial charge in [0.2, 0.25) is 0 Å². The van der Waals surface area contributed by atoms with Crippen molar-refractivity contribution >= 4 is 23.2 Å². The highest BCUT2D eigenvalue weighted by Gasteiger charge is 2.31. The van der Waals surface area contributed by atoms with Gasteiger partial charge in [-0.2, -0.15) is 5.10 Å². The summed E-state index contributed by atoms with van der Waals surface area (Å²) < 4.78 is 7.46. The van der Waals surface area contributed by atoms with Gasteiger partial charge < -0.3 is 26.0 Å². The molecule has 10 nitrogen and oxygen atoms in total. The zero-order valence-electron chi connectivity index (χ0n) is 23.3. The number of rotatable bonds is 9. The van der Waals surface area contributed by atoms with Gasteiger partial charge in [0.1, 0.15) is 5.82 Å². The molecule has 1 saturated carbocycles. The molecule has 1 amide bonds. The van der Waals surface area contributed by atoms with E-state index in [4.69, 9.17) is 15.5 Å². The fourth-order valence-electron chi connectivity index (χ4n) is 5.89. The molecule has 0 unspecified atom stereocenters. The maximum Gasteiger partial charge on any atom is 0.251 e. The number of piperidine rings is 1. The van der Waals surface area contributed by atoms with Gasteiger partial charge in [0, 0.05) is 56.7 Å². The number of amides is 1. The van der Waals surface area contributed by atoms with Gasteiger partial charge >= 0.3 is 0 Å². The molecule has 2 aromatic heterocycles. The molecule has 0 spiro atoms. The third kappa shape index (κ3) is 6.13. The molecule has 0 bridgehead atoms. The van der Waals surface area contributed by atoms with Crippen molar-refractivity contribution in [1.82, 2.24) is 25.1 Å². The highest BCUT2D eigenvalue weighted by atomic mass is 16.5. The van der Waals surface area contributed by atoms with Crippen LogP contribution in [-0.4, -0.2) is 57.5 Å². The van der Waals surface area contributed by atoms with Crippen LogP contribution in [0, 0.1) is 5.92 Å². The van der Waals surface area contributed by atoms with Gasteiger partial charge in [-0.05, 0) is 75.0 Å². The van der Waals surface area contributed by atoms with E-state index < -0.39 is 0 Å². The summed E-state index contributed by atoms with van der Waals surface area (Å²) in [5.41, 5.74) is 9.62. The van der Waals surface area contributed by atoms with Crippen LogP contribution in [0.3, 0.4) is 0 Å². The number of aromatic nitrogens is 4. The average Bonchev–Trinajstić information content (AvgIpc) is 3.75. The van der Waals surface area contributed by atoms with Crippen LogP contribution in [0.2, 0.25) is 0 Å². The molecule has 2 aliphatic heterocycles. The Labute approximate surface area is 235 Å². The molecule has 6 rings (SSSR count). The van der Waals surface area contributed by atoms with Crippen LogP contribution in [0.1, 0.15) is 73.0 Å². The van der Waals surface area contributed by atoms with Crippen molar-refractivity contribution < 1.29 is 9.53 Å². The Bertz CT molecular complexity index is 1300. The van der Waals surface area contributed by atoms with Gasteiger partial charge in [0.15, 0.2) is 5.82 Å². The lowest BCUT2D eigenvalue weighted by atomic mass is 9.97. The molecule has 1 aliphatic carbocycles. The fourth-order valence-corrected chi connectivity index (χ4v) is 5.89. The molecule has 3 aromatic rings. The maximum atomic E-state index is 13.1. The number of carbonyl (C=O) groups is 1. The van der Waals surface area contributed by atoms with Gasteiger partial charge in [-0.25, -0.2) is 4.98 Å². The predicted octanol–water partition coefficient (Wildman–Crippen LogP) is 3.97. The third-order valence-electron chi connectivity index (χ3n) is 8.53. The summed E-state index contributed by atoms with van der Waals surface area (Å²) >= 11 is 0. The quantitative estimate of drug-likeness (QED) is 0.370. The highest BCUT2D eigenvalue weighted by molar-refractivity contribution is 5.94. The molecule has 2 saturated heterocycles. The number of ether oxygens (including phenoxy) is 1. The van der Waals surface area contributed by atoms with Crippen LogP contribution >= 0.6 is 0 Å². The molecular formula is C30H40N8O2. The minimum absolute atomic E-state index is 0.0140. The number of nitrogens with one attached hydrogen (secondary N) is 2. The second-order valence-corrected chi connectivity index (χ2v) is 11.4. The van der Waals surface area contributed by atoms with E-state index in [1.165, 1.54) is 18.4 Å². The van der Waals surface area contributed by atoms with Crippen molar-refractivity contribution in [3.05, 3.63) is 59.7 Å². The standard InChI is InChI=1S/C30H40N8O2/c1-20-26(35-30(39)24-8-6-23(7-9-24)22-4-5-22)3-2-12-38(20)28-17-32-27(15-31)29(36-28)34-25-16-33-37(19-25)18-21-10-13-40-14-11-21/h6-9,16-17,19-22,26H,2-5,10-15,18,31H2,1H3,(H,34,36)(H,35,39)/t20-,26-/m1/s1.